The summed E-state index contributed by atoms with van der Waals surface area (Å²) in [5, 5.41) is 0. The zero-order chi connectivity index (χ0) is 16.4. The van der Waals surface area contributed by atoms with Crippen LogP contribution in [0.5, 0.6) is 0 Å². The molecule has 0 bridgehead atoms. The van der Waals surface area contributed by atoms with E-state index in [0.29, 0.717) is 10.8 Å². The standard InChI is InChI=1S/C21H44/c1-8-20(7,9-2)17-13-15-19(6)16-14-18-21(10-3,11-4)12-5/h19H,8-18H2,1-7H3. The van der Waals surface area contributed by atoms with Crippen molar-refractivity contribution in [2.75, 3.05) is 0 Å². The molecular weight excluding hydrogens is 252 g/mol. The van der Waals surface area contributed by atoms with Gasteiger partial charge in [-0.15, -0.1) is 0 Å². The third-order valence-electron chi connectivity index (χ3n) is 6.84. The van der Waals surface area contributed by atoms with E-state index >= 15 is 0 Å². The van der Waals surface area contributed by atoms with Crippen LogP contribution in [0.1, 0.15) is 119 Å². The lowest BCUT2D eigenvalue weighted by Crippen LogP contribution is -2.18. The maximum atomic E-state index is 2.47. The van der Waals surface area contributed by atoms with Crippen molar-refractivity contribution in [1.29, 1.82) is 0 Å². The molecule has 1 atom stereocenters. The number of hydrogen-bond acceptors (Lipinski definition) is 0. The lowest BCUT2D eigenvalue weighted by atomic mass is 9.75. The summed E-state index contributed by atoms with van der Waals surface area (Å²) < 4.78 is 0. The molecule has 0 saturated carbocycles. The quantitative estimate of drug-likeness (QED) is 0.323. The molecule has 0 heteroatoms. The Hall–Kier alpha value is 0. The minimum atomic E-state index is 0.599. The maximum Gasteiger partial charge on any atom is -0.0305 e. The van der Waals surface area contributed by atoms with Crippen molar-refractivity contribution in [3.05, 3.63) is 0 Å². The van der Waals surface area contributed by atoms with Crippen LogP contribution in [0.4, 0.5) is 0 Å². The summed E-state index contributed by atoms with van der Waals surface area (Å²) in [5.41, 5.74) is 1.24. The fraction of sp³-hybridized carbons (Fsp3) is 1.00. The van der Waals surface area contributed by atoms with E-state index in [1.165, 1.54) is 70.6 Å². The minimum Gasteiger partial charge on any atom is -0.0649 e. The largest absolute Gasteiger partial charge is 0.0649 e. The topological polar surface area (TPSA) is 0 Å². The predicted octanol–water partition coefficient (Wildman–Crippen LogP) is 8.01. The van der Waals surface area contributed by atoms with E-state index in [-0.39, 0.29) is 0 Å². The first-order chi connectivity index (χ1) is 9.90. The zero-order valence-electron chi connectivity index (χ0n) is 16.4. The van der Waals surface area contributed by atoms with Crippen molar-refractivity contribution < 1.29 is 0 Å². The average molecular weight is 297 g/mol. The molecule has 1 unspecified atom stereocenters. The van der Waals surface area contributed by atoms with Gasteiger partial charge in [0.25, 0.3) is 0 Å². The Labute approximate surface area is 136 Å². The van der Waals surface area contributed by atoms with Gasteiger partial charge in [0.05, 0.1) is 0 Å². The van der Waals surface area contributed by atoms with Gasteiger partial charge in [-0.05, 0) is 29.6 Å². The summed E-state index contributed by atoms with van der Waals surface area (Å²) in [6.07, 6.45) is 15.4. The van der Waals surface area contributed by atoms with E-state index in [1.54, 1.807) is 0 Å². The molecule has 0 fully saturated rings. The summed E-state index contributed by atoms with van der Waals surface area (Å²) in [4.78, 5) is 0. The zero-order valence-corrected chi connectivity index (χ0v) is 16.4. The second kappa shape index (κ2) is 10.7. The molecule has 128 valence electrons. The molecular formula is C21H44. The molecule has 0 aliphatic rings. The second-order valence-electron chi connectivity index (χ2n) is 7.97. The lowest BCUT2D eigenvalue weighted by molar-refractivity contribution is 0.212. The smallest absolute Gasteiger partial charge is 0.0305 e. The van der Waals surface area contributed by atoms with Crippen molar-refractivity contribution in [2.45, 2.75) is 119 Å². The van der Waals surface area contributed by atoms with Crippen molar-refractivity contribution >= 4 is 0 Å². The SMILES string of the molecule is CCC(C)(CC)CCCC(C)CCCC(CC)(CC)CC. The van der Waals surface area contributed by atoms with Gasteiger partial charge in [-0.2, -0.15) is 0 Å². The maximum absolute atomic E-state index is 2.47. The van der Waals surface area contributed by atoms with Crippen LogP contribution in [-0.4, -0.2) is 0 Å². The highest BCUT2D eigenvalue weighted by molar-refractivity contribution is 4.75. The Morgan fingerprint density at radius 3 is 1.48 bits per heavy atom. The van der Waals surface area contributed by atoms with Crippen molar-refractivity contribution in [3.8, 4) is 0 Å². The van der Waals surface area contributed by atoms with Gasteiger partial charge in [-0.1, -0.05) is 106 Å². The van der Waals surface area contributed by atoms with Crippen LogP contribution in [0, 0.1) is 16.7 Å². The molecule has 0 amide bonds. The normalized spacial score (nSPS) is 14.4. The van der Waals surface area contributed by atoms with Gasteiger partial charge in [0.1, 0.15) is 0 Å². The van der Waals surface area contributed by atoms with Gasteiger partial charge < -0.3 is 0 Å². The average Bonchev–Trinajstić information content (AvgIpc) is 2.52. The molecule has 0 nitrogen and oxygen atoms in total. The van der Waals surface area contributed by atoms with E-state index < -0.39 is 0 Å². The van der Waals surface area contributed by atoms with E-state index in [4.69, 9.17) is 0 Å². The van der Waals surface area contributed by atoms with Crippen LogP contribution >= 0.6 is 0 Å². The van der Waals surface area contributed by atoms with Crippen LogP contribution in [0.25, 0.3) is 0 Å². The first-order valence-corrected chi connectivity index (χ1v) is 9.90. The molecule has 0 aromatic carbocycles. The highest BCUT2D eigenvalue weighted by Crippen LogP contribution is 2.37. The molecule has 0 rings (SSSR count). The predicted molar refractivity (Wildman–Crippen MR) is 98.9 cm³/mol. The Bertz CT molecular complexity index is 224. The minimum absolute atomic E-state index is 0.599. The molecule has 0 aliphatic carbocycles. The molecule has 0 radical (unpaired) electrons. The van der Waals surface area contributed by atoms with Gasteiger partial charge >= 0.3 is 0 Å². The van der Waals surface area contributed by atoms with Crippen molar-refractivity contribution in [1.82, 2.24) is 0 Å². The van der Waals surface area contributed by atoms with Gasteiger partial charge in [-0.25, -0.2) is 0 Å². The Balaban J connectivity index is 3.93. The molecule has 0 aromatic heterocycles. The molecule has 0 aliphatic heterocycles. The Kier molecular flexibility index (Phi) is 10.7. The first-order valence-electron chi connectivity index (χ1n) is 9.90. The molecule has 0 N–H and O–H groups in total. The van der Waals surface area contributed by atoms with Crippen molar-refractivity contribution in [3.63, 3.8) is 0 Å². The summed E-state index contributed by atoms with van der Waals surface area (Å²) in [5.74, 6) is 0.922. The van der Waals surface area contributed by atoms with Gasteiger partial charge in [0.15, 0.2) is 0 Å². The third kappa shape index (κ3) is 7.71. The fourth-order valence-electron chi connectivity index (χ4n) is 3.73. The monoisotopic (exact) mass is 296 g/mol. The molecule has 21 heavy (non-hydrogen) atoms. The molecule has 0 spiro atoms. The van der Waals surface area contributed by atoms with Crippen LogP contribution in [0.2, 0.25) is 0 Å². The first kappa shape index (κ1) is 21.0. The van der Waals surface area contributed by atoms with Crippen LogP contribution in [0.3, 0.4) is 0 Å². The highest BCUT2D eigenvalue weighted by atomic mass is 14.3. The summed E-state index contributed by atoms with van der Waals surface area (Å²) in [7, 11) is 0. The highest BCUT2D eigenvalue weighted by Gasteiger charge is 2.23. The summed E-state index contributed by atoms with van der Waals surface area (Å²) in [6.45, 7) is 16.8. The summed E-state index contributed by atoms with van der Waals surface area (Å²) >= 11 is 0. The number of hydrogen-bond donors (Lipinski definition) is 0. The Morgan fingerprint density at radius 1 is 0.667 bits per heavy atom. The second-order valence-corrected chi connectivity index (χ2v) is 7.97. The van der Waals surface area contributed by atoms with Crippen LogP contribution in [-0.2, 0) is 0 Å². The third-order valence-corrected chi connectivity index (χ3v) is 6.84. The molecule has 0 aromatic rings. The molecule has 0 saturated heterocycles. The van der Waals surface area contributed by atoms with Gasteiger partial charge in [0.2, 0.25) is 0 Å². The van der Waals surface area contributed by atoms with Crippen LogP contribution < -0.4 is 0 Å². The van der Waals surface area contributed by atoms with Crippen LogP contribution in [0.15, 0.2) is 0 Å². The molecule has 0 heterocycles. The lowest BCUT2D eigenvalue weighted by Gasteiger charge is -2.31. The van der Waals surface area contributed by atoms with E-state index in [0.717, 1.165) is 5.92 Å². The Morgan fingerprint density at radius 2 is 1.10 bits per heavy atom. The number of rotatable bonds is 13. The van der Waals surface area contributed by atoms with E-state index in [9.17, 15) is 0 Å². The van der Waals surface area contributed by atoms with Crippen molar-refractivity contribution in [2.24, 2.45) is 16.7 Å². The summed E-state index contributed by atoms with van der Waals surface area (Å²) in [6, 6.07) is 0. The van der Waals surface area contributed by atoms with E-state index in [2.05, 4.69) is 48.5 Å². The fourth-order valence-corrected chi connectivity index (χ4v) is 3.73. The van der Waals surface area contributed by atoms with E-state index in [1.807, 2.05) is 0 Å². The van der Waals surface area contributed by atoms with Gasteiger partial charge in [0, 0.05) is 0 Å². The van der Waals surface area contributed by atoms with Gasteiger partial charge in [-0.3, -0.25) is 0 Å².